The van der Waals surface area contributed by atoms with E-state index in [4.69, 9.17) is 38.3 Å². The molecule has 0 bridgehead atoms. The number of nitrogens with zero attached hydrogens (tertiary/aromatic N) is 2. The Labute approximate surface area is 215 Å². The van der Waals surface area contributed by atoms with Crippen LogP contribution in [0.4, 0.5) is 5.82 Å². The molecule has 2 N–H and O–H groups in total. The predicted octanol–water partition coefficient (Wildman–Crippen LogP) is 3.36. The van der Waals surface area contributed by atoms with Crippen LogP contribution in [0.15, 0.2) is 53.5 Å². The summed E-state index contributed by atoms with van der Waals surface area (Å²) in [6, 6.07) is 11.5. The number of rotatable bonds is 8. The van der Waals surface area contributed by atoms with Gasteiger partial charge in [-0.2, -0.15) is 4.98 Å². The molecule has 12 nitrogen and oxygen atoms in total. The lowest BCUT2D eigenvalue weighted by Crippen LogP contribution is -2.28. The number of thioether (sulfide) groups is 1. The van der Waals surface area contributed by atoms with Crippen LogP contribution in [0.1, 0.15) is 11.8 Å². The van der Waals surface area contributed by atoms with Gasteiger partial charge in [0.1, 0.15) is 34.7 Å². The van der Waals surface area contributed by atoms with Crippen molar-refractivity contribution in [1.82, 2.24) is 9.55 Å². The van der Waals surface area contributed by atoms with E-state index in [1.165, 1.54) is 28.6 Å². The van der Waals surface area contributed by atoms with Gasteiger partial charge in [0.2, 0.25) is 6.79 Å². The second-order valence-electron chi connectivity index (χ2n) is 8.20. The van der Waals surface area contributed by atoms with Crippen molar-refractivity contribution in [3.05, 3.63) is 64.7 Å². The van der Waals surface area contributed by atoms with E-state index >= 15 is 0 Å². The molecule has 14 heteroatoms. The van der Waals surface area contributed by atoms with Gasteiger partial charge in [-0.25, -0.2) is 9.36 Å². The van der Waals surface area contributed by atoms with Crippen LogP contribution in [0.2, 0.25) is 0 Å². The number of phosphoric acid groups is 1. The molecule has 37 heavy (non-hydrogen) atoms. The number of nitrogens with two attached hydrogens (primary N) is 1. The lowest BCUT2D eigenvalue weighted by Gasteiger charge is -2.21. The van der Waals surface area contributed by atoms with Crippen molar-refractivity contribution in [3.63, 3.8) is 0 Å². The number of hydrogen-bond donors (Lipinski definition) is 1. The summed E-state index contributed by atoms with van der Waals surface area (Å²) in [4.78, 5) is 15.9. The molecule has 3 aliphatic heterocycles. The molecule has 1 fully saturated rings. The lowest BCUT2D eigenvalue weighted by atomic mass is 10.2. The monoisotopic (exact) mass is 547 g/mol. The quantitative estimate of drug-likeness (QED) is 0.413. The summed E-state index contributed by atoms with van der Waals surface area (Å²) in [5, 5.41) is 0. The van der Waals surface area contributed by atoms with Crippen LogP contribution in [-0.2, 0) is 20.2 Å². The molecule has 1 aromatic heterocycles. The van der Waals surface area contributed by atoms with Crippen molar-refractivity contribution < 1.29 is 37.1 Å². The van der Waals surface area contributed by atoms with Crippen molar-refractivity contribution in [3.8, 4) is 28.7 Å². The minimum absolute atomic E-state index is 0.0859. The Bertz CT molecular complexity index is 1370. The first-order chi connectivity index (χ1) is 17.9. The first-order valence-electron chi connectivity index (χ1n) is 11.3. The molecule has 0 aliphatic carbocycles. The standard InChI is InChI=1S/C23H22N3O9PS/c24-20-5-7-26(23(27)25-20)21-12-37-22(33-21)11-32-36(28,34-15-2-1-14-6-8-29-18(14)9-15)35-16-3-4-17-19(10-16)31-13-30-17/h1-5,7,9-10,21-22H,6,8,11-13H2,(H2,24,25,27). The normalized spacial score (nSPS) is 21.2. The van der Waals surface area contributed by atoms with Crippen molar-refractivity contribution in [1.29, 1.82) is 0 Å². The highest BCUT2D eigenvalue weighted by Crippen LogP contribution is 2.52. The average Bonchev–Trinajstić information content (AvgIpc) is 3.63. The molecular formula is C23H22N3O9PS. The van der Waals surface area contributed by atoms with Gasteiger partial charge < -0.3 is 33.7 Å². The molecule has 3 aliphatic rings. The maximum Gasteiger partial charge on any atom is 0.587 e. The second kappa shape index (κ2) is 9.82. The van der Waals surface area contributed by atoms with Gasteiger partial charge in [0.05, 0.1) is 13.2 Å². The Balaban J connectivity index is 1.18. The van der Waals surface area contributed by atoms with E-state index in [0.29, 0.717) is 29.6 Å². The fourth-order valence-corrected chi connectivity index (χ4v) is 6.24. The molecule has 0 radical (unpaired) electrons. The number of phosphoric ester groups is 1. The molecule has 0 spiro atoms. The SMILES string of the molecule is Nc1ccn(C2CSC(COP(=O)(Oc3ccc4c(c3)OCC4)Oc3ccc4c(c3)OCO4)O2)c(=O)n1. The van der Waals surface area contributed by atoms with Crippen LogP contribution in [0, 0.1) is 0 Å². The molecule has 3 atom stereocenters. The Morgan fingerprint density at radius 1 is 1.05 bits per heavy atom. The van der Waals surface area contributed by atoms with Crippen LogP contribution >= 0.6 is 19.6 Å². The van der Waals surface area contributed by atoms with E-state index in [1.807, 2.05) is 6.07 Å². The highest BCUT2D eigenvalue weighted by Gasteiger charge is 2.36. The van der Waals surface area contributed by atoms with E-state index < -0.39 is 25.2 Å². The smallest absolute Gasteiger partial charge is 0.493 e. The summed E-state index contributed by atoms with van der Waals surface area (Å²) >= 11 is 1.39. The highest BCUT2D eigenvalue weighted by molar-refractivity contribution is 8.00. The van der Waals surface area contributed by atoms with E-state index in [1.54, 1.807) is 30.3 Å². The van der Waals surface area contributed by atoms with Crippen molar-refractivity contribution in [2.75, 3.05) is 31.5 Å². The van der Waals surface area contributed by atoms with Gasteiger partial charge in [-0.3, -0.25) is 9.09 Å². The van der Waals surface area contributed by atoms with Crippen molar-refractivity contribution >= 4 is 25.4 Å². The van der Waals surface area contributed by atoms with Gasteiger partial charge in [0.15, 0.2) is 11.5 Å². The molecule has 1 saturated heterocycles. The summed E-state index contributed by atoms with van der Waals surface area (Å²) in [5.74, 6) is 2.72. The third-order valence-corrected chi connectivity index (χ3v) is 8.14. The van der Waals surface area contributed by atoms with Gasteiger partial charge in [-0.15, -0.1) is 11.8 Å². The number of fused-ring (bicyclic) bond motifs is 2. The molecule has 6 rings (SSSR count). The number of hydrogen-bond acceptors (Lipinski definition) is 12. The maximum absolute atomic E-state index is 13.8. The summed E-state index contributed by atoms with van der Waals surface area (Å²) in [6.07, 6.45) is 1.73. The summed E-state index contributed by atoms with van der Waals surface area (Å²) < 4.78 is 54.6. The molecular weight excluding hydrogens is 525 g/mol. The average molecular weight is 547 g/mol. The molecule has 3 unspecified atom stereocenters. The van der Waals surface area contributed by atoms with E-state index in [0.717, 1.165) is 12.0 Å². The summed E-state index contributed by atoms with van der Waals surface area (Å²) in [6.45, 7) is 0.523. The van der Waals surface area contributed by atoms with Gasteiger partial charge in [0, 0.05) is 30.5 Å². The van der Waals surface area contributed by atoms with Crippen LogP contribution in [0.5, 0.6) is 28.7 Å². The van der Waals surface area contributed by atoms with Crippen molar-refractivity contribution in [2.24, 2.45) is 0 Å². The zero-order chi connectivity index (χ0) is 25.4. The Kier molecular flexibility index (Phi) is 6.37. The fraction of sp³-hybridized carbons (Fsp3) is 0.304. The molecule has 194 valence electrons. The highest BCUT2D eigenvalue weighted by atomic mass is 32.2. The first-order valence-corrected chi connectivity index (χ1v) is 13.9. The molecule has 0 saturated carbocycles. The van der Waals surface area contributed by atoms with E-state index in [-0.39, 0.29) is 30.7 Å². The van der Waals surface area contributed by atoms with Crippen LogP contribution in [0.25, 0.3) is 0 Å². The van der Waals surface area contributed by atoms with E-state index in [2.05, 4.69) is 4.98 Å². The van der Waals surface area contributed by atoms with Gasteiger partial charge in [-0.1, -0.05) is 6.07 Å². The topological polar surface area (TPSA) is 143 Å². The number of ether oxygens (including phenoxy) is 4. The Morgan fingerprint density at radius 3 is 2.68 bits per heavy atom. The largest absolute Gasteiger partial charge is 0.587 e. The van der Waals surface area contributed by atoms with Crippen LogP contribution < -0.4 is 34.7 Å². The summed E-state index contributed by atoms with van der Waals surface area (Å²) in [7, 11) is -4.22. The van der Waals surface area contributed by atoms with Gasteiger partial charge in [0.25, 0.3) is 0 Å². The predicted molar refractivity (Wildman–Crippen MR) is 132 cm³/mol. The minimum atomic E-state index is -4.22. The van der Waals surface area contributed by atoms with Crippen LogP contribution in [-0.4, -0.2) is 40.7 Å². The molecule has 3 aromatic rings. The zero-order valence-electron chi connectivity index (χ0n) is 19.3. The number of benzene rings is 2. The van der Waals surface area contributed by atoms with Crippen molar-refractivity contribution in [2.45, 2.75) is 18.1 Å². The molecule has 0 amide bonds. The van der Waals surface area contributed by atoms with Gasteiger partial charge >= 0.3 is 13.5 Å². The second-order valence-corrected chi connectivity index (χ2v) is 10.9. The fourth-order valence-electron chi connectivity index (χ4n) is 3.94. The third kappa shape index (κ3) is 5.21. The number of aromatic nitrogens is 2. The minimum Gasteiger partial charge on any atom is -0.493 e. The Hall–Kier alpha value is -3.38. The molecule has 4 heterocycles. The third-order valence-electron chi connectivity index (χ3n) is 5.71. The maximum atomic E-state index is 13.8. The van der Waals surface area contributed by atoms with E-state index in [9.17, 15) is 9.36 Å². The zero-order valence-corrected chi connectivity index (χ0v) is 21.0. The molecule has 2 aromatic carbocycles. The Morgan fingerprint density at radius 2 is 1.84 bits per heavy atom. The van der Waals surface area contributed by atoms with Gasteiger partial charge in [-0.05, 0) is 29.8 Å². The van der Waals surface area contributed by atoms with Crippen LogP contribution in [0.3, 0.4) is 0 Å². The number of anilines is 1. The first kappa shape index (κ1) is 24.0. The lowest BCUT2D eigenvalue weighted by molar-refractivity contribution is -0.00561. The summed E-state index contributed by atoms with van der Waals surface area (Å²) in [5.41, 5.74) is 5.53. The number of nitrogen functional groups attached to an aromatic ring is 1.